The molecule has 2 N–H and O–H groups in total. The van der Waals surface area contributed by atoms with Gasteiger partial charge in [0.2, 0.25) is 0 Å². The van der Waals surface area contributed by atoms with E-state index in [0.29, 0.717) is 25.6 Å². The first-order chi connectivity index (χ1) is 14.1. The lowest BCUT2D eigenvalue weighted by Gasteiger charge is -2.23. The molecular formula is C24H35NO4. The molecule has 4 unspecified atom stereocenters. The van der Waals surface area contributed by atoms with Gasteiger partial charge >= 0.3 is 5.97 Å². The molecule has 0 amide bonds. The molecule has 1 saturated carbocycles. The third-order valence-electron chi connectivity index (χ3n) is 6.06. The van der Waals surface area contributed by atoms with Gasteiger partial charge in [-0.3, -0.25) is 4.79 Å². The van der Waals surface area contributed by atoms with E-state index in [2.05, 4.69) is 25.1 Å². The fraction of sp³-hybridized carbons (Fsp3) is 0.667. The number of hydrogen-bond acceptors (Lipinski definition) is 4. The molecule has 1 aliphatic carbocycles. The van der Waals surface area contributed by atoms with E-state index in [4.69, 9.17) is 9.84 Å². The molecule has 1 aromatic carbocycles. The Morgan fingerprint density at radius 1 is 1.21 bits per heavy atom. The van der Waals surface area contributed by atoms with E-state index in [1.807, 2.05) is 12.1 Å². The van der Waals surface area contributed by atoms with Gasteiger partial charge in [0.1, 0.15) is 0 Å². The van der Waals surface area contributed by atoms with E-state index in [-0.39, 0.29) is 18.3 Å². The molecular weight excluding hydrogens is 366 g/mol. The van der Waals surface area contributed by atoms with Crippen LogP contribution >= 0.6 is 0 Å². The third-order valence-corrected chi connectivity index (χ3v) is 6.06. The number of aliphatic hydroxyl groups is 1. The molecule has 1 aromatic rings. The second-order valence-electron chi connectivity index (χ2n) is 8.19. The summed E-state index contributed by atoms with van der Waals surface area (Å²) in [5, 5.41) is 28.6. The van der Waals surface area contributed by atoms with Crippen LogP contribution in [0.4, 0.5) is 0 Å². The number of carboxylic acid groups (broad SMARTS) is 1. The number of aliphatic hydroxyl groups excluding tert-OH is 1. The van der Waals surface area contributed by atoms with Gasteiger partial charge in [0, 0.05) is 18.9 Å². The van der Waals surface area contributed by atoms with Gasteiger partial charge in [-0.05, 0) is 49.1 Å². The molecule has 5 heteroatoms. The number of rotatable bonds is 13. The minimum atomic E-state index is -0.774. The van der Waals surface area contributed by atoms with Crippen LogP contribution in [0, 0.1) is 23.2 Å². The highest BCUT2D eigenvalue weighted by molar-refractivity contribution is 5.66. The van der Waals surface area contributed by atoms with Gasteiger partial charge in [0.15, 0.2) is 0 Å². The Labute approximate surface area is 174 Å². The van der Waals surface area contributed by atoms with Gasteiger partial charge in [0.05, 0.1) is 24.7 Å². The Bertz CT molecular complexity index is 652. The van der Waals surface area contributed by atoms with Crippen LogP contribution in [0.1, 0.15) is 87.9 Å². The Hall–Kier alpha value is -1.90. The fourth-order valence-corrected chi connectivity index (χ4v) is 4.29. The summed E-state index contributed by atoms with van der Waals surface area (Å²) in [5.74, 6) is -0.313. The molecule has 2 rings (SSSR count). The average Bonchev–Trinajstić information content (AvgIpc) is 3.13. The number of ether oxygens (including phenoxy) is 1. The molecule has 1 aliphatic rings. The molecule has 1 fully saturated rings. The zero-order chi connectivity index (χ0) is 21.1. The smallest absolute Gasteiger partial charge is 0.303 e. The predicted molar refractivity (Wildman–Crippen MR) is 112 cm³/mol. The van der Waals surface area contributed by atoms with Crippen LogP contribution in [0.5, 0.6) is 0 Å². The van der Waals surface area contributed by atoms with Gasteiger partial charge in [-0.2, -0.15) is 5.26 Å². The molecule has 5 nitrogen and oxygen atoms in total. The number of carbonyl (C=O) groups is 1. The maximum absolute atomic E-state index is 10.6. The first kappa shape index (κ1) is 23.4. The SMILES string of the molecule is CCCCCC(O)c1ccc(C2CCC(C#N)C2COCCCCC(=O)O)cc1. The van der Waals surface area contributed by atoms with E-state index < -0.39 is 12.1 Å². The molecule has 0 aliphatic heterocycles. The summed E-state index contributed by atoms with van der Waals surface area (Å²) in [6.07, 6.45) is 7.10. The third kappa shape index (κ3) is 7.45. The lowest BCUT2D eigenvalue weighted by Crippen LogP contribution is -2.20. The minimum absolute atomic E-state index is 0.00155. The van der Waals surface area contributed by atoms with Gasteiger partial charge in [-0.1, -0.05) is 50.5 Å². The highest BCUT2D eigenvalue weighted by Gasteiger charge is 2.37. The molecule has 0 spiro atoms. The van der Waals surface area contributed by atoms with Gasteiger partial charge in [-0.25, -0.2) is 0 Å². The van der Waals surface area contributed by atoms with Crippen molar-refractivity contribution in [2.45, 2.75) is 76.7 Å². The fourth-order valence-electron chi connectivity index (χ4n) is 4.29. The highest BCUT2D eigenvalue weighted by Crippen LogP contribution is 2.43. The molecule has 160 valence electrons. The maximum atomic E-state index is 10.6. The Balaban J connectivity index is 1.89. The van der Waals surface area contributed by atoms with E-state index in [0.717, 1.165) is 50.5 Å². The molecule has 0 bridgehead atoms. The number of unbranched alkanes of at least 4 members (excludes halogenated alkanes) is 3. The molecule has 4 atom stereocenters. The van der Waals surface area contributed by atoms with E-state index in [1.54, 1.807) is 0 Å². The average molecular weight is 402 g/mol. The monoisotopic (exact) mass is 401 g/mol. The second kappa shape index (κ2) is 12.6. The lowest BCUT2D eigenvalue weighted by atomic mass is 9.85. The van der Waals surface area contributed by atoms with Crippen molar-refractivity contribution in [3.63, 3.8) is 0 Å². The molecule has 29 heavy (non-hydrogen) atoms. The maximum Gasteiger partial charge on any atom is 0.303 e. The topological polar surface area (TPSA) is 90.5 Å². The van der Waals surface area contributed by atoms with Crippen molar-refractivity contribution in [3.05, 3.63) is 35.4 Å². The lowest BCUT2D eigenvalue weighted by molar-refractivity contribution is -0.137. The minimum Gasteiger partial charge on any atom is -0.481 e. The van der Waals surface area contributed by atoms with Gasteiger partial charge in [0.25, 0.3) is 0 Å². The van der Waals surface area contributed by atoms with Crippen molar-refractivity contribution < 1.29 is 19.7 Å². The van der Waals surface area contributed by atoms with E-state index in [1.165, 1.54) is 5.56 Å². The molecule has 0 heterocycles. The van der Waals surface area contributed by atoms with Crippen LogP contribution in [0.2, 0.25) is 0 Å². The standard InChI is InChI=1S/C24H35NO4/c1-2-3-4-7-23(26)19-11-9-18(10-12-19)21-14-13-20(16-25)22(21)17-29-15-6-5-8-24(27)28/h9-12,20-23,26H,2-8,13-15,17H2,1H3,(H,27,28). The van der Waals surface area contributed by atoms with Crippen molar-refractivity contribution in [3.8, 4) is 6.07 Å². The number of benzene rings is 1. The summed E-state index contributed by atoms with van der Waals surface area (Å²) in [6, 6.07) is 10.7. The van der Waals surface area contributed by atoms with Crippen LogP contribution in [0.25, 0.3) is 0 Å². The van der Waals surface area contributed by atoms with Crippen LogP contribution in [-0.2, 0) is 9.53 Å². The van der Waals surface area contributed by atoms with Crippen LogP contribution < -0.4 is 0 Å². The number of nitriles is 1. The summed E-state index contributed by atoms with van der Waals surface area (Å²) < 4.78 is 5.82. The van der Waals surface area contributed by atoms with Crippen LogP contribution in [-0.4, -0.2) is 29.4 Å². The van der Waals surface area contributed by atoms with Crippen molar-refractivity contribution in [2.75, 3.05) is 13.2 Å². The Morgan fingerprint density at radius 3 is 2.62 bits per heavy atom. The largest absolute Gasteiger partial charge is 0.481 e. The van der Waals surface area contributed by atoms with Crippen molar-refractivity contribution in [1.29, 1.82) is 5.26 Å². The van der Waals surface area contributed by atoms with Gasteiger partial charge < -0.3 is 14.9 Å². The zero-order valence-electron chi connectivity index (χ0n) is 17.6. The molecule has 0 aromatic heterocycles. The van der Waals surface area contributed by atoms with Crippen molar-refractivity contribution >= 4 is 5.97 Å². The summed E-state index contributed by atoms with van der Waals surface area (Å²) >= 11 is 0. The summed E-state index contributed by atoms with van der Waals surface area (Å²) in [6.45, 7) is 3.24. The molecule has 0 saturated heterocycles. The predicted octanol–water partition coefficient (Wildman–Crippen LogP) is 5.21. The number of aliphatic carboxylic acids is 1. The summed E-state index contributed by atoms with van der Waals surface area (Å²) in [7, 11) is 0. The van der Waals surface area contributed by atoms with Crippen molar-refractivity contribution in [2.24, 2.45) is 11.8 Å². The van der Waals surface area contributed by atoms with E-state index in [9.17, 15) is 15.2 Å². The van der Waals surface area contributed by atoms with Gasteiger partial charge in [-0.15, -0.1) is 0 Å². The van der Waals surface area contributed by atoms with Crippen molar-refractivity contribution in [1.82, 2.24) is 0 Å². The summed E-state index contributed by atoms with van der Waals surface area (Å²) in [4.78, 5) is 10.6. The Kier molecular flexibility index (Phi) is 10.2. The van der Waals surface area contributed by atoms with E-state index >= 15 is 0 Å². The highest BCUT2D eigenvalue weighted by atomic mass is 16.5. The Morgan fingerprint density at radius 2 is 1.97 bits per heavy atom. The first-order valence-corrected chi connectivity index (χ1v) is 11.0. The zero-order valence-corrected chi connectivity index (χ0v) is 17.6. The summed E-state index contributed by atoms with van der Waals surface area (Å²) in [5.41, 5.74) is 2.18. The quantitative estimate of drug-likeness (QED) is 0.443. The number of hydrogen-bond donors (Lipinski definition) is 2. The second-order valence-corrected chi connectivity index (χ2v) is 8.19. The number of nitrogens with zero attached hydrogens (tertiary/aromatic N) is 1. The van der Waals surface area contributed by atoms with Crippen LogP contribution in [0.3, 0.4) is 0 Å². The first-order valence-electron chi connectivity index (χ1n) is 11.0. The molecule has 0 radical (unpaired) electrons. The number of carboxylic acids is 1. The van der Waals surface area contributed by atoms with Crippen LogP contribution in [0.15, 0.2) is 24.3 Å². The normalized spacial score (nSPS) is 22.3.